The number of rotatable bonds is 5. The van der Waals surface area contributed by atoms with Gasteiger partial charge in [0.05, 0.1) is 33.2 Å². The molecular formula is C17H29N2+. The van der Waals surface area contributed by atoms with Crippen molar-refractivity contribution >= 4 is 5.69 Å². The maximum atomic E-state index is 2.54. The van der Waals surface area contributed by atoms with Gasteiger partial charge in [0, 0.05) is 11.7 Å². The average Bonchev–Trinajstić information content (AvgIpc) is 2.40. The Morgan fingerprint density at radius 2 is 1.68 bits per heavy atom. The minimum Gasteiger partial charge on any atom is -0.363 e. The molecule has 1 aliphatic heterocycles. The molecule has 0 spiro atoms. The van der Waals surface area contributed by atoms with E-state index in [0.29, 0.717) is 6.04 Å². The molecule has 0 atom stereocenters. The molecule has 0 saturated carbocycles. The first-order valence-corrected chi connectivity index (χ1v) is 7.76. The summed E-state index contributed by atoms with van der Waals surface area (Å²) in [6, 6.07) is 11.4. The van der Waals surface area contributed by atoms with Gasteiger partial charge in [0.2, 0.25) is 0 Å². The third-order valence-corrected chi connectivity index (χ3v) is 4.49. The molecular weight excluding hydrogens is 232 g/mol. The van der Waals surface area contributed by atoms with Crippen molar-refractivity contribution in [1.82, 2.24) is 0 Å². The highest BCUT2D eigenvalue weighted by atomic mass is 15.3. The minimum absolute atomic E-state index is 0.568. The second-order valence-electron chi connectivity index (χ2n) is 6.47. The van der Waals surface area contributed by atoms with Crippen LogP contribution in [-0.4, -0.2) is 43.8 Å². The Kier molecular flexibility index (Phi) is 4.87. The maximum absolute atomic E-state index is 2.54. The molecule has 0 aliphatic carbocycles. The number of likely N-dealkylation sites (N-methyl/N-ethyl adjacent to an activating group) is 1. The van der Waals surface area contributed by atoms with Crippen LogP contribution in [0.4, 0.5) is 5.69 Å². The third-order valence-electron chi connectivity index (χ3n) is 4.49. The highest BCUT2D eigenvalue weighted by molar-refractivity contribution is 5.46. The van der Waals surface area contributed by atoms with E-state index in [9.17, 15) is 0 Å². The van der Waals surface area contributed by atoms with Crippen LogP contribution in [0, 0.1) is 0 Å². The number of piperidine rings is 1. The zero-order chi connectivity index (χ0) is 13.7. The van der Waals surface area contributed by atoms with E-state index in [0.717, 1.165) is 6.54 Å². The Balaban J connectivity index is 1.98. The fourth-order valence-electron chi connectivity index (χ4n) is 3.15. The first kappa shape index (κ1) is 14.4. The van der Waals surface area contributed by atoms with Gasteiger partial charge >= 0.3 is 0 Å². The van der Waals surface area contributed by atoms with Crippen LogP contribution >= 0.6 is 0 Å². The Labute approximate surface area is 118 Å². The zero-order valence-corrected chi connectivity index (χ0v) is 12.8. The second kappa shape index (κ2) is 6.42. The van der Waals surface area contributed by atoms with Gasteiger partial charge in [-0.15, -0.1) is 0 Å². The van der Waals surface area contributed by atoms with Crippen LogP contribution in [0.3, 0.4) is 0 Å². The van der Waals surface area contributed by atoms with Crippen LogP contribution in [0.1, 0.15) is 33.1 Å². The van der Waals surface area contributed by atoms with Gasteiger partial charge in [0.25, 0.3) is 0 Å². The first-order valence-electron chi connectivity index (χ1n) is 7.76. The van der Waals surface area contributed by atoms with Crippen molar-refractivity contribution in [3.05, 3.63) is 30.3 Å². The Hall–Kier alpha value is -1.02. The van der Waals surface area contributed by atoms with E-state index >= 15 is 0 Å². The summed E-state index contributed by atoms with van der Waals surface area (Å²) in [4.78, 5) is 2.54. The van der Waals surface area contributed by atoms with Crippen LogP contribution < -0.4 is 4.90 Å². The van der Waals surface area contributed by atoms with E-state index in [1.807, 2.05) is 0 Å². The van der Waals surface area contributed by atoms with Gasteiger partial charge in [-0.1, -0.05) is 18.2 Å². The number of para-hydroxylation sites is 1. The number of anilines is 1. The van der Waals surface area contributed by atoms with E-state index in [-0.39, 0.29) is 0 Å². The highest BCUT2D eigenvalue weighted by Crippen LogP contribution is 2.19. The molecule has 1 aliphatic rings. The van der Waals surface area contributed by atoms with Crippen LogP contribution in [0.2, 0.25) is 0 Å². The van der Waals surface area contributed by atoms with Crippen molar-refractivity contribution in [2.75, 3.05) is 38.1 Å². The summed E-state index contributed by atoms with van der Waals surface area (Å²) >= 11 is 0. The molecule has 106 valence electrons. The summed E-state index contributed by atoms with van der Waals surface area (Å²) in [6.07, 6.45) is 4.24. The van der Waals surface area contributed by atoms with E-state index in [1.165, 1.54) is 49.1 Å². The first-order chi connectivity index (χ1) is 9.11. The van der Waals surface area contributed by atoms with E-state index in [4.69, 9.17) is 0 Å². The molecule has 0 aromatic heterocycles. The van der Waals surface area contributed by atoms with Crippen molar-refractivity contribution < 1.29 is 4.48 Å². The normalized spacial score (nSPS) is 18.5. The Morgan fingerprint density at radius 3 is 2.26 bits per heavy atom. The standard InChI is InChI=1S/C17H29N2/c1-16(2)18(17-10-6-4-7-11-17)12-15-19(3)13-8-5-9-14-19/h4,6-7,10-11,16H,5,8-9,12-15H2,1-3H3/q+1. The van der Waals surface area contributed by atoms with Crippen LogP contribution in [0.5, 0.6) is 0 Å². The lowest BCUT2D eigenvalue weighted by Gasteiger charge is -2.40. The lowest BCUT2D eigenvalue weighted by molar-refractivity contribution is -0.912. The number of nitrogens with zero attached hydrogens (tertiary/aromatic N) is 2. The zero-order valence-electron chi connectivity index (χ0n) is 12.8. The smallest absolute Gasteiger partial charge is 0.0962 e. The fourth-order valence-corrected chi connectivity index (χ4v) is 3.15. The Morgan fingerprint density at radius 1 is 1.05 bits per heavy atom. The number of quaternary nitrogens is 1. The molecule has 0 radical (unpaired) electrons. The van der Waals surface area contributed by atoms with Crippen molar-refractivity contribution in [2.24, 2.45) is 0 Å². The van der Waals surface area contributed by atoms with E-state index < -0.39 is 0 Å². The minimum atomic E-state index is 0.568. The molecule has 2 rings (SSSR count). The molecule has 0 amide bonds. The number of benzene rings is 1. The van der Waals surface area contributed by atoms with Gasteiger partial charge in [0.1, 0.15) is 0 Å². The van der Waals surface area contributed by atoms with Crippen molar-refractivity contribution in [1.29, 1.82) is 0 Å². The predicted molar refractivity (Wildman–Crippen MR) is 83.6 cm³/mol. The van der Waals surface area contributed by atoms with Crippen molar-refractivity contribution in [3.63, 3.8) is 0 Å². The van der Waals surface area contributed by atoms with E-state index in [1.54, 1.807) is 0 Å². The average molecular weight is 261 g/mol. The van der Waals surface area contributed by atoms with Crippen molar-refractivity contribution in [2.45, 2.75) is 39.2 Å². The van der Waals surface area contributed by atoms with Crippen molar-refractivity contribution in [3.8, 4) is 0 Å². The lowest BCUT2D eigenvalue weighted by Crippen LogP contribution is -2.52. The summed E-state index contributed by atoms with van der Waals surface area (Å²) < 4.78 is 1.26. The SMILES string of the molecule is CC(C)N(CC[N+]1(C)CCCCC1)c1ccccc1. The van der Waals surface area contributed by atoms with E-state index in [2.05, 4.69) is 56.1 Å². The van der Waals surface area contributed by atoms with Gasteiger partial charge in [-0.05, 0) is 45.2 Å². The molecule has 1 aromatic rings. The molecule has 1 aromatic carbocycles. The Bertz CT molecular complexity index is 366. The lowest BCUT2D eigenvalue weighted by atomic mass is 10.1. The van der Waals surface area contributed by atoms with Gasteiger partial charge in [0.15, 0.2) is 0 Å². The van der Waals surface area contributed by atoms with Crippen LogP contribution in [0.15, 0.2) is 30.3 Å². The molecule has 2 heteroatoms. The maximum Gasteiger partial charge on any atom is 0.0962 e. The van der Waals surface area contributed by atoms with Crippen LogP contribution in [-0.2, 0) is 0 Å². The van der Waals surface area contributed by atoms with Gasteiger partial charge in [-0.3, -0.25) is 0 Å². The molecule has 1 saturated heterocycles. The molecule has 2 nitrogen and oxygen atoms in total. The third kappa shape index (κ3) is 3.97. The van der Waals surface area contributed by atoms with Gasteiger partial charge < -0.3 is 9.38 Å². The predicted octanol–water partition coefficient (Wildman–Crippen LogP) is 3.53. The number of hydrogen-bond donors (Lipinski definition) is 0. The number of hydrogen-bond acceptors (Lipinski definition) is 1. The van der Waals surface area contributed by atoms with Gasteiger partial charge in [-0.2, -0.15) is 0 Å². The van der Waals surface area contributed by atoms with Crippen LogP contribution in [0.25, 0.3) is 0 Å². The number of likely N-dealkylation sites (tertiary alicyclic amines) is 1. The summed E-state index contributed by atoms with van der Waals surface area (Å²) in [7, 11) is 2.43. The quantitative estimate of drug-likeness (QED) is 0.733. The topological polar surface area (TPSA) is 3.24 Å². The molecule has 0 unspecified atom stereocenters. The monoisotopic (exact) mass is 261 g/mol. The summed E-state index contributed by atoms with van der Waals surface area (Å²) in [5.74, 6) is 0. The highest BCUT2D eigenvalue weighted by Gasteiger charge is 2.25. The largest absolute Gasteiger partial charge is 0.363 e. The molecule has 1 fully saturated rings. The second-order valence-corrected chi connectivity index (χ2v) is 6.47. The molecule has 0 bridgehead atoms. The van der Waals surface area contributed by atoms with Gasteiger partial charge in [-0.25, -0.2) is 0 Å². The fraction of sp³-hybridized carbons (Fsp3) is 0.647. The molecule has 19 heavy (non-hydrogen) atoms. The summed E-state index contributed by atoms with van der Waals surface area (Å²) in [5, 5.41) is 0. The molecule has 1 heterocycles. The summed E-state index contributed by atoms with van der Waals surface area (Å²) in [5.41, 5.74) is 1.36. The molecule has 0 N–H and O–H groups in total. The summed E-state index contributed by atoms with van der Waals surface area (Å²) in [6.45, 7) is 9.75.